The summed E-state index contributed by atoms with van der Waals surface area (Å²) >= 11 is 0. The van der Waals surface area contributed by atoms with Crippen LogP contribution in [0.2, 0.25) is 0 Å². The Kier molecular flexibility index (Phi) is 8.62. The van der Waals surface area contributed by atoms with Crippen LogP contribution in [0.15, 0.2) is 89.8 Å². The highest BCUT2D eigenvalue weighted by atomic mass is 32.2. The van der Waals surface area contributed by atoms with Crippen molar-refractivity contribution < 1.29 is 22.7 Å². The predicted octanol–water partition coefficient (Wildman–Crippen LogP) is 4.84. The lowest BCUT2D eigenvalue weighted by Crippen LogP contribution is -2.31. The van der Waals surface area contributed by atoms with E-state index < -0.39 is 16.0 Å². The van der Waals surface area contributed by atoms with E-state index in [1.54, 1.807) is 37.5 Å². The first-order chi connectivity index (χ1) is 16.3. The van der Waals surface area contributed by atoms with Gasteiger partial charge in [-0.15, -0.1) is 0 Å². The minimum atomic E-state index is -3.77. The number of nitrogens with zero attached hydrogens (tertiary/aromatic N) is 1. The molecule has 0 N–H and O–H groups in total. The normalized spacial score (nSPS) is 11.9. The molecule has 3 rings (SSSR count). The molecule has 0 fully saturated rings. The van der Waals surface area contributed by atoms with E-state index in [0.29, 0.717) is 11.3 Å². The quantitative estimate of drug-likeness (QED) is 0.389. The summed E-state index contributed by atoms with van der Waals surface area (Å²) in [4.78, 5) is 11.7. The molecule has 0 saturated heterocycles. The Balaban J connectivity index is 1.97. The molecular weight excluding hydrogens is 450 g/mol. The number of esters is 1. The zero-order valence-corrected chi connectivity index (χ0v) is 20.4. The van der Waals surface area contributed by atoms with Crippen LogP contribution in [0.3, 0.4) is 0 Å². The van der Waals surface area contributed by atoms with Crippen LogP contribution in [0.1, 0.15) is 23.6 Å². The van der Waals surface area contributed by atoms with Gasteiger partial charge in [0, 0.05) is 20.0 Å². The summed E-state index contributed by atoms with van der Waals surface area (Å²) in [5.74, 6) is 0.288. The molecule has 0 amide bonds. The van der Waals surface area contributed by atoms with Crippen LogP contribution >= 0.6 is 0 Å². The molecule has 3 aromatic carbocycles. The van der Waals surface area contributed by atoms with Crippen LogP contribution in [-0.2, 0) is 26.1 Å². The molecule has 0 spiro atoms. The van der Waals surface area contributed by atoms with Crippen molar-refractivity contribution in [3.8, 4) is 5.75 Å². The molecule has 0 atom stereocenters. The fraction of sp³-hybridized carbons (Fsp3) is 0.222. The molecule has 0 saturated carbocycles. The molecule has 0 radical (unpaired) electrons. The number of sulfonamides is 1. The number of benzene rings is 3. The van der Waals surface area contributed by atoms with Gasteiger partial charge in [-0.1, -0.05) is 66.2 Å². The Hall–Kier alpha value is -3.42. The number of carbonyl (C=O) groups excluding carboxylic acids is 1. The van der Waals surface area contributed by atoms with Crippen LogP contribution < -0.4 is 4.74 Å². The van der Waals surface area contributed by atoms with E-state index in [2.05, 4.69) is 0 Å². The van der Waals surface area contributed by atoms with Gasteiger partial charge in [-0.05, 0) is 47.9 Å². The molecule has 178 valence electrons. The summed E-state index contributed by atoms with van der Waals surface area (Å²) in [7, 11) is -2.19. The first-order valence-corrected chi connectivity index (χ1v) is 12.3. The molecular formula is C27H29NO5S. The number of carbonyl (C=O) groups is 1. The van der Waals surface area contributed by atoms with Gasteiger partial charge < -0.3 is 9.47 Å². The predicted molar refractivity (Wildman–Crippen MR) is 133 cm³/mol. The van der Waals surface area contributed by atoms with Crippen LogP contribution in [0, 0.1) is 6.92 Å². The minimum Gasteiger partial charge on any atom is -0.497 e. The van der Waals surface area contributed by atoms with E-state index in [-0.39, 0.29) is 24.6 Å². The summed E-state index contributed by atoms with van der Waals surface area (Å²) in [6, 6.07) is 23.6. The maximum absolute atomic E-state index is 13.5. The van der Waals surface area contributed by atoms with Crippen molar-refractivity contribution in [3.63, 3.8) is 0 Å². The first-order valence-electron chi connectivity index (χ1n) is 10.9. The van der Waals surface area contributed by atoms with Gasteiger partial charge in [0.2, 0.25) is 10.0 Å². The monoisotopic (exact) mass is 479 g/mol. The SMILES string of the molecule is COc1ccc(/C(=C/CN(Cc2ccccc2)S(=O)(=O)c2ccc(C)cc2)COC(C)=O)cc1. The molecule has 0 aliphatic heterocycles. The van der Waals surface area contributed by atoms with Gasteiger partial charge in [0.05, 0.1) is 12.0 Å². The number of aryl methyl sites for hydroxylation is 1. The summed E-state index contributed by atoms with van der Waals surface area (Å²) in [5, 5.41) is 0. The molecule has 0 unspecified atom stereocenters. The maximum atomic E-state index is 13.5. The van der Waals surface area contributed by atoms with E-state index in [1.165, 1.54) is 11.2 Å². The molecule has 3 aromatic rings. The second-order valence-corrected chi connectivity index (χ2v) is 9.77. The van der Waals surface area contributed by atoms with Crippen LogP contribution in [0.25, 0.3) is 5.57 Å². The lowest BCUT2D eigenvalue weighted by Gasteiger charge is -2.22. The van der Waals surface area contributed by atoms with E-state index in [9.17, 15) is 13.2 Å². The van der Waals surface area contributed by atoms with Crippen molar-refractivity contribution in [2.24, 2.45) is 0 Å². The second-order valence-electron chi connectivity index (χ2n) is 7.83. The van der Waals surface area contributed by atoms with E-state index >= 15 is 0 Å². The molecule has 7 heteroatoms. The molecule has 0 aromatic heterocycles. The second kappa shape index (κ2) is 11.6. The average Bonchev–Trinajstić information content (AvgIpc) is 2.84. The van der Waals surface area contributed by atoms with Crippen LogP contribution in [0.5, 0.6) is 5.75 Å². The van der Waals surface area contributed by atoms with Gasteiger partial charge in [-0.3, -0.25) is 4.79 Å². The number of rotatable bonds is 10. The summed E-state index contributed by atoms with van der Waals surface area (Å²) in [6.45, 7) is 3.60. The highest BCUT2D eigenvalue weighted by molar-refractivity contribution is 7.89. The van der Waals surface area contributed by atoms with Crippen molar-refractivity contribution in [3.05, 3.63) is 102 Å². The Morgan fingerprint density at radius 2 is 1.59 bits per heavy atom. The van der Waals surface area contributed by atoms with Gasteiger partial charge in [-0.2, -0.15) is 4.31 Å². The van der Waals surface area contributed by atoms with Crippen molar-refractivity contribution in [2.45, 2.75) is 25.3 Å². The Morgan fingerprint density at radius 3 is 2.18 bits per heavy atom. The smallest absolute Gasteiger partial charge is 0.302 e. The summed E-state index contributed by atoms with van der Waals surface area (Å²) in [6.07, 6.45) is 1.79. The third kappa shape index (κ3) is 6.79. The fourth-order valence-electron chi connectivity index (χ4n) is 3.35. The first kappa shape index (κ1) is 25.2. The Bertz CT molecular complexity index is 1220. The molecule has 34 heavy (non-hydrogen) atoms. The maximum Gasteiger partial charge on any atom is 0.302 e. The van der Waals surface area contributed by atoms with Crippen molar-refractivity contribution in [1.82, 2.24) is 4.31 Å². The van der Waals surface area contributed by atoms with Gasteiger partial charge in [0.25, 0.3) is 0 Å². The molecule has 0 bridgehead atoms. The average molecular weight is 480 g/mol. The third-order valence-corrected chi connectivity index (χ3v) is 7.12. The molecule has 0 heterocycles. The van der Waals surface area contributed by atoms with Gasteiger partial charge in [0.1, 0.15) is 12.4 Å². The highest BCUT2D eigenvalue weighted by Crippen LogP contribution is 2.23. The zero-order valence-electron chi connectivity index (χ0n) is 19.6. The fourth-order valence-corrected chi connectivity index (χ4v) is 4.72. The molecule has 0 aliphatic carbocycles. The van der Waals surface area contributed by atoms with Gasteiger partial charge >= 0.3 is 5.97 Å². The molecule has 6 nitrogen and oxygen atoms in total. The number of hydrogen-bond acceptors (Lipinski definition) is 5. The van der Waals surface area contributed by atoms with Crippen molar-refractivity contribution >= 4 is 21.6 Å². The standard InChI is InChI=1S/C27H29NO5S/c1-21-9-15-27(16-10-21)34(30,31)28(19-23-7-5-4-6-8-23)18-17-25(20-33-22(2)29)24-11-13-26(32-3)14-12-24/h4-17H,18-20H2,1-3H3/b25-17+. The minimum absolute atomic E-state index is 0.0332. The topological polar surface area (TPSA) is 72.9 Å². The lowest BCUT2D eigenvalue weighted by atomic mass is 10.1. The Labute approximate surface area is 201 Å². The lowest BCUT2D eigenvalue weighted by molar-refractivity contribution is -0.139. The third-order valence-electron chi connectivity index (χ3n) is 5.29. The van der Waals surface area contributed by atoms with E-state index in [1.807, 2.05) is 61.5 Å². The van der Waals surface area contributed by atoms with Gasteiger partial charge in [-0.25, -0.2) is 8.42 Å². The largest absolute Gasteiger partial charge is 0.497 e. The molecule has 0 aliphatic rings. The zero-order chi connectivity index (χ0) is 24.6. The highest BCUT2D eigenvalue weighted by Gasteiger charge is 2.24. The summed E-state index contributed by atoms with van der Waals surface area (Å²) in [5.41, 5.74) is 3.37. The van der Waals surface area contributed by atoms with E-state index in [4.69, 9.17) is 9.47 Å². The number of ether oxygens (including phenoxy) is 2. The summed E-state index contributed by atoms with van der Waals surface area (Å²) < 4.78 is 39.0. The van der Waals surface area contributed by atoms with Crippen molar-refractivity contribution in [2.75, 3.05) is 20.3 Å². The van der Waals surface area contributed by atoms with Crippen LogP contribution in [-0.4, -0.2) is 39.0 Å². The van der Waals surface area contributed by atoms with E-state index in [0.717, 1.165) is 16.7 Å². The Morgan fingerprint density at radius 1 is 0.941 bits per heavy atom. The number of hydrogen-bond donors (Lipinski definition) is 0. The van der Waals surface area contributed by atoms with Gasteiger partial charge in [0.15, 0.2) is 0 Å². The number of methoxy groups -OCH3 is 1. The van der Waals surface area contributed by atoms with Crippen LogP contribution in [0.4, 0.5) is 0 Å². The van der Waals surface area contributed by atoms with Crippen molar-refractivity contribution in [1.29, 1.82) is 0 Å².